The molecule has 0 bridgehead atoms. The molecule has 1 aliphatic rings. The van der Waals surface area contributed by atoms with Crippen molar-refractivity contribution >= 4 is 29.3 Å². The molecule has 1 saturated heterocycles. The first-order valence-corrected chi connectivity index (χ1v) is 8.95. The molecule has 0 atom stereocenters. The van der Waals surface area contributed by atoms with Gasteiger partial charge in [-0.25, -0.2) is 9.97 Å². The summed E-state index contributed by atoms with van der Waals surface area (Å²) in [7, 11) is 0. The van der Waals surface area contributed by atoms with E-state index in [1.165, 1.54) is 11.8 Å². The van der Waals surface area contributed by atoms with Crippen molar-refractivity contribution in [1.29, 1.82) is 0 Å². The topological polar surface area (TPSA) is 101 Å². The third-order valence-electron chi connectivity index (χ3n) is 3.85. The monoisotopic (exact) mass is 348 g/mol. The van der Waals surface area contributed by atoms with Gasteiger partial charge in [0.05, 0.1) is 0 Å². The predicted octanol–water partition coefficient (Wildman–Crippen LogP) is 1.43. The van der Waals surface area contributed by atoms with Gasteiger partial charge in [0.2, 0.25) is 0 Å². The molecule has 2 aromatic heterocycles. The number of nitrogens with two attached hydrogens (primary N) is 1. The number of amides is 1. The number of nitrogen functional groups attached to an aromatic ring is 1. The lowest BCUT2D eigenvalue weighted by atomic mass is 10.3. The highest BCUT2D eigenvalue weighted by molar-refractivity contribution is 7.98. The van der Waals surface area contributed by atoms with Crippen LogP contribution in [-0.2, 0) is 0 Å². The predicted molar refractivity (Wildman–Crippen MR) is 92.2 cm³/mol. The van der Waals surface area contributed by atoms with Crippen LogP contribution in [0, 0.1) is 6.92 Å². The molecule has 2 aromatic rings. The van der Waals surface area contributed by atoms with Crippen molar-refractivity contribution in [2.24, 2.45) is 0 Å². The molecule has 0 radical (unpaired) electrons. The third-order valence-corrected chi connectivity index (χ3v) is 4.40. The van der Waals surface area contributed by atoms with Crippen LogP contribution in [0.3, 0.4) is 0 Å². The van der Waals surface area contributed by atoms with Gasteiger partial charge in [0.15, 0.2) is 10.9 Å². The molecule has 24 heavy (non-hydrogen) atoms. The fourth-order valence-electron chi connectivity index (χ4n) is 2.66. The molecule has 0 aromatic carbocycles. The van der Waals surface area contributed by atoms with E-state index in [-0.39, 0.29) is 5.91 Å². The zero-order valence-electron chi connectivity index (χ0n) is 13.7. The zero-order chi connectivity index (χ0) is 17.1. The summed E-state index contributed by atoms with van der Waals surface area (Å²) in [5, 5.41) is 4.47. The van der Waals surface area contributed by atoms with E-state index >= 15 is 0 Å². The Hall–Kier alpha value is -2.29. The lowest BCUT2D eigenvalue weighted by molar-refractivity contribution is 0.0756. The number of nitrogens with zero attached hydrogens (tertiary/aromatic N) is 5. The number of rotatable bonds is 3. The maximum absolute atomic E-state index is 12.5. The highest BCUT2D eigenvalue weighted by atomic mass is 32.2. The van der Waals surface area contributed by atoms with Gasteiger partial charge in [-0.05, 0) is 19.6 Å². The third kappa shape index (κ3) is 3.61. The number of hydrogen-bond donors (Lipinski definition) is 1. The summed E-state index contributed by atoms with van der Waals surface area (Å²) in [5.74, 6) is 1.80. The van der Waals surface area contributed by atoms with Crippen LogP contribution in [0.1, 0.15) is 22.7 Å². The maximum Gasteiger partial charge on any atom is 0.276 e. The van der Waals surface area contributed by atoms with Gasteiger partial charge in [0, 0.05) is 38.3 Å². The van der Waals surface area contributed by atoms with Crippen molar-refractivity contribution in [2.75, 3.05) is 43.1 Å². The molecule has 2 N–H and O–H groups in total. The van der Waals surface area contributed by atoms with Crippen molar-refractivity contribution in [3.05, 3.63) is 23.6 Å². The van der Waals surface area contributed by atoms with Crippen LogP contribution < -0.4 is 10.6 Å². The van der Waals surface area contributed by atoms with Crippen LogP contribution in [0.2, 0.25) is 0 Å². The smallest absolute Gasteiger partial charge is 0.276 e. The SMILES string of the molecule is CSc1nc(N)cc(N2CCCN(C(=O)c3cc(C)on3)CC2)n1. The lowest BCUT2D eigenvalue weighted by Gasteiger charge is -2.22. The molecule has 0 aliphatic carbocycles. The minimum atomic E-state index is -0.0966. The average Bonchev–Trinajstić information content (AvgIpc) is 2.86. The van der Waals surface area contributed by atoms with Gasteiger partial charge in [0.1, 0.15) is 17.4 Å². The van der Waals surface area contributed by atoms with E-state index in [2.05, 4.69) is 20.0 Å². The van der Waals surface area contributed by atoms with Crippen molar-refractivity contribution in [3.63, 3.8) is 0 Å². The first kappa shape index (κ1) is 16.6. The van der Waals surface area contributed by atoms with Crippen LogP contribution in [0.5, 0.6) is 0 Å². The minimum absolute atomic E-state index is 0.0966. The van der Waals surface area contributed by atoms with Gasteiger partial charge < -0.3 is 20.1 Å². The van der Waals surface area contributed by atoms with Crippen LogP contribution in [0.4, 0.5) is 11.6 Å². The zero-order valence-corrected chi connectivity index (χ0v) is 14.5. The number of aromatic nitrogens is 3. The van der Waals surface area contributed by atoms with Gasteiger partial charge in [-0.15, -0.1) is 0 Å². The fraction of sp³-hybridized carbons (Fsp3) is 0.467. The molecule has 0 spiro atoms. The normalized spacial score (nSPS) is 15.4. The van der Waals surface area contributed by atoms with Gasteiger partial charge in [0.25, 0.3) is 5.91 Å². The number of thioether (sulfide) groups is 1. The van der Waals surface area contributed by atoms with E-state index in [1.54, 1.807) is 24.0 Å². The summed E-state index contributed by atoms with van der Waals surface area (Å²) in [6.45, 7) is 4.55. The van der Waals surface area contributed by atoms with E-state index in [4.69, 9.17) is 10.3 Å². The summed E-state index contributed by atoms with van der Waals surface area (Å²) in [4.78, 5) is 25.1. The lowest BCUT2D eigenvalue weighted by Crippen LogP contribution is -2.35. The second kappa shape index (κ2) is 7.08. The first-order valence-electron chi connectivity index (χ1n) is 7.73. The maximum atomic E-state index is 12.5. The quantitative estimate of drug-likeness (QED) is 0.656. The highest BCUT2D eigenvalue weighted by Gasteiger charge is 2.23. The summed E-state index contributed by atoms with van der Waals surface area (Å²) in [5.41, 5.74) is 6.22. The highest BCUT2D eigenvalue weighted by Crippen LogP contribution is 2.20. The fourth-order valence-corrected chi connectivity index (χ4v) is 3.04. The average molecular weight is 348 g/mol. The van der Waals surface area contributed by atoms with Gasteiger partial charge in [-0.1, -0.05) is 16.9 Å². The Bertz CT molecular complexity index is 735. The molecule has 8 nitrogen and oxygen atoms in total. The Kier molecular flexibility index (Phi) is 4.89. The Labute approximate surface area is 144 Å². The minimum Gasteiger partial charge on any atom is -0.383 e. The first-order chi connectivity index (χ1) is 11.6. The van der Waals surface area contributed by atoms with E-state index in [0.29, 0.717) is 42.1 Å². The molecule has 0 unspecified atom stereocenters. The second-order valence-electron chi connectivity index (χ2n) is 5.59. The molecule has 1 fully saturated rings. The molecule has 9 heteroatoms. The largest absolute Gasteiger partial charge is 0.383 e. The number of anilines is 2. The van der Waals surface area contributed by atoms with Crippen molar-refractivity contribution in [3.8, 4) is 0 Å². The van der Waals surface area contributed by atoms with Gasteiger partial charge >= 0.3 is 0 Å². The molecule has 128 valence electrons. The van der Waals surface area contributed by atoms with Crippen molar-refractivity contribution in [2.45, 2.75) is 18.5 Å². The number of aryl methyl sites for hydroxylation is 1. The van der Waals surface area contributed by atoms with Crippen LogP contribution >= 0.6 is 11.8 Å². The van der Waals surface area contributed by atoms with E-state index in [0.717, 1.165) is 18.8 Å². The van der Waals surface area contributed by atoms with Gasteiger partial charge in [-0.3, -0.25) is 4.79 Å². The number of carbonyl (C=O) groups excluding carboxylic acids is 1. The Morgan fingerprint density at radius 1 is 1.25 bits per heavy atom. The molecule has 0 saturated carbocycles. The van der Waals surface area contributed by atoms with Crippen LogP contribution in [0.25, 0.3) is 0 Å². The standard InChI is InChI=1S/C15H20N6O2S/c1-10-8-11(19-23-10)14(22)21-5-3-4-20(6-7-21)13-9-12(16)17-15(18-13)24-2/h8-9H,3-7H2,1-2H3,(H2,16,17,18). The van der Waals surface area contributed by atoms with E-state index in [9.17, 15) is 4.79 Å². The molecular formula is C15H20N6O2S. The second-order valence-corrected chi connectivity index (χ2v) is 6.37. The van der Waals surface area contributed by atoms with Crippen molar-refractivity contribution < 1.29 is 9.32 Å². The Balaban J connectivity index is 1.71. The van der Waals surface area contributed by atoms with E-state index < -0.39 is 0 Å². The Morgan fingerprint density at radius 2 is 2.08 bits per heavy atom. The van der Waals surface area contributed by atoms with Gasteiger partial charge in [-0.2, -0.15) is 0 Å². The van der Waals surface area contributed by atoms with Crippen LogP contribution in [-0.4, -0.2) is 58.4 Å². The number of hydrogen-bond acceptors (Lipinski definition) is 8. The van der Waals surface area contributed by atoms with Crippen LogP contribution in [0.15, 0.2) is 21.8 Å². The molecular weight excluding hydrogens is 328 g/mol. The molecule has 1 aliphatic heterocycles. The summed E-state index contributed by atoms with van der Waals surface area (Å²) >= 11 is 1.46. The summed E-state index contributed by atoms with van der Waals surface area (Å²) < 4.78 is 5.00. The summed E-state index contributed by atoms with van der Waals surface area (Å²) in [6.07, 6.45) is 2.77. The van der Waals surface area contributed by atoms with Crippen molar-refractivity contribution in [1.82, 2.24) is 20.0 Å². The number of carbonyl (C=O) groups is 1. The summed E-state index contributed by atoms with van der Waals surface area (Å²) in [6, 6.07) is 3.44. The van der Waals surface area contributed by atoms with E-state index in [1.807, 2.05) is 6.26 Å². The molecule has 3 heterocycles. The molecule has 3 rings (SSSR count). The molecule has 1 amide bonds. The Morgan fingerprint density at radius 3 is 2.79 bits per heavy atom.